The number of nitro groups is 1. The first-order valence-electron chi connectivity index (χ1n) is 10.2. The highest BCUT2D eigenvalue weighted by atomic mass is 32.2. The molecule has 0 amide bonds. The zero-order valence-corrected chi connectivity index (χ0v) is 18.9. The highest BCUT2D eigenvalue weighted by Gasteiger charge is 2.28. The maximum Gasteiger partial charge on any atom is 0.338 e. The number of ether oxygens (including phenoxy) is 2. The van der Waals surface area contributed by atoms with Crippen LogP contribution in [0, 0.1) is 17.0 Å². The van der Waals surface area contributed by atoms with E-state index in [1.54, 1.807) is 13.0 Å². The van der Waals surface area contributed by atoms with Gasteiger partial charge in [0.15, 0.2) is 6.61 Å². The number of carbonyl (C=O) groups is 1. The lowest BCUT2D eigenvalue weighted by molar-refractivity contribution is -0.384. The van der Waals surface area contributed by atoms with Crippen molar-refractivity contribution in [2.45, 2.75) is 18.4 Å². The molecule has 0 atom stereocenters. The summed E-state index contributed by atoms with van der Waals surface area (Å²) in [6.45, 7) is 2.42. The van der Waals surface area contributed by atoms with Crippen LogP contribution in [0.15, 0.2) is 51.8 Å². The molecule has 1 aliphatic heterocycles. The Labute approximate surface area is 194 Å². The number of aryl methyl sites for hydroxylation is 1. The molecule has 3 aromatic rings. The van der Waals surface area contributed by atoms with Crippen LogP contribution in [-0.2, 0) is 26.1 Å². The van der Waals surface area contributed by atoms with E-state index in [0.29, 0.717) is 24.3 Å². The van der Waals surface area contributed by atoms with Crippen molar-refractivity contribution in [2.75, 3.05) is 26.3 Å². The third-order valence-corrected chi connectivity index (χ3v) is 7.17. The molecule has 12 nitrogen and oxygen atoms in total. The van der Waals surface area contributed by atoms with Crippen molar-refractivity contribution < 1.29 is 32.0 Å². The number of carbonyl (C=O) groups excluding carboxylic acids is 1. The summed E-state index contributed by atoms with van der Waals surface area (Å²) in [6, 6.07) is 9.85. The Balaban J connectivity index is 1.44. The second-order valence-corrected chi connectivity index (χ2v) is 9.28. The van der Waals surface area contributed by atoms with Gasteiger partial charge in [0.05, 0.1) is 28.6 Å². The number of non-ortho nitro benzene ring substituents is 1. The summed E-state index contributed by atoms with van der Waals surface area (Å²) in [5, 5.41) is 18.4. The highest BCUT2D eigenvalue weighted by Crippen LogP contribution is 2.24. The van der Waals surface area contributed by atoms with Gasteiger partial charge in [-0.1, -0.05) is 6.07 Å². The summed E-state index contributed by atoms with van der Waals surface area (Å²) in [6.07, 6.45) is 0. The molecule has 1 saturated heterocycles. The summed E-state index contributed by atoms with van der Waals surface area (Å²) in [7, 11) is -3.79. The zero-order valence-electron chi connectivity index (χ0n) is 18.0. The predicted molar refractivity (Wildman–Crippen MR) is 116 cm³/mol. The van der Waals surface area contributed by atoms with Crippen LogP contribution in [0.5, 0.6) is 0 Å². The van der Waals surface area contributed by atoms with Gasteiger partial charge in [-0.3, -0.25) is 10.1 Å². The molecule has 1 fully saturated rings. The van der Waals surface area contributed by atoms with Crippen LogP contribution in [0.3, 0.4) is 0 Å². The van der Waals surface area contributed by atoms with E-state index < -0.39 is 20.9 Å². The molecule has 2 heterocycles. The smallest absolute Gasteiger partial charge is 0.338 e. The van der Waals surface area contributed by atoms with Gasteiger partial charge in [-0.05, 0) is 36.8 Å². The molecule has 2 aromatic carbocycles. The lowest BCUT2D eigenvalue weighted by Crippen LogP contribution is -2.40. The number of esters is 1. The lowest BCUT2D eigenvalue weighted by atomic mass is 10.1. The number of aromatic nitrogens is 2. The molecule has 178 valence electrons. The van der Waals surface area contributed by atoms with Crippen LogP contribution in [0.1, 0.15) is 21.8 Å². The minimum Gasteiger partial charge on any atom is -0.452 e. The summed E-state index contributed by atoms with van der Waals surface area (Å²) >= 11 is 0. The van der Waals surface area contributed by atoms with Crippen LogP contribution >= 0.6 is 0 Å². The summed E-state index contributed by atoms with van der Waals surface area (Å²) in [4.78, 5) is 22.8. The molecule has 0 N–H and O–H groups in total. The van der Waals surface area contributed by atoms with Crippen molar-refractivity contribution >= 4 is 21.7 Å². The van der Waals surface area contributed by atoms with Gasteiger partial charge in [-0.15, -0.1) is 10.2 Å². The minimum atomic E-state index is -3.79. The number of nitrogens with zero attached hydrogens (tertiary/aromatic N) is 4. The van der Waals surface area contributed by atoms with Gasteiger partial charge in [-0.2, -0.15) is 4.31 Å². The molecule has 1 aliphatic rings. The molecule has 0 unspecified atom stereocenters. The Hall–Kier alpha value is -3.68. The van der Waals surface area contributed by atoms with E-state index in [0.717, 1.165) is 0 Å². The lowest BCUT2D eigenvalue weighted by Gasteiger charge is -2.26. The summed E-state index contributed by atoms with van der Waals surface area (Å²) in [5.41, 5.74) is 0.956. The molecule has 4 rings (SSSR count). The van der Waals surface area contributed by atoms with Crippen LogP contribution in [-0.4, -0.2) is 60.1 Å². The van der Waals surface area contributed by atoms with Gasteiger partial charge < -0.3 is 13.9 Å². The molecule has 34 heavy (non-hydrogen) atoms. The highest BCUT2D eigenvalue weighted by molar-refractivity contribution is 7.89. The number of benzene rings is 2. The van der Waals surface area contributed by atoms with Crippen molar-refractivity contribution in [1.82, 2.24) is 14.5 Å². The first kappa shape index (κ1) is 23.5. The Kier molecular flexibility index (Phi) is 6.68. The molecule has 0 aliphatic carbocycles. The molecule has 0 bridgehead atoms. The van der Waals surface area contributed by atoms with Crippen molar-refractivity contribution in [3.63, 3.8) is 0 Å². The Bertz CT molecular complexity index is 1310. The van der Waals surface area contributed by atoms with Gasteiger partial charge >= 0.3 is 5.97 Å². The molecular formula is C21H20N4O8S. The van der Waals surface area contributed by atoms with Crippen molar-refractivity contribution in [2.24, 2.45) is 0 Å². The molecule has 13 heteroatoms. The number of nitro benzene ring substituents is 1. The molecule has 0 saturated carbocycles. The van der Waals surface area contributed by atoms with Crippen molar-refractivity contribution in [1.29, 1.82) is 0 Å². The SMILES string of the molecule is Cc1ccc(C(=O)OCc2nnc(-c3ccc([N+](=O)[O-])cc3)o2)cc1S(=O)(=O)N1CCOCC1. The third kappa shape index (κ3) is 4.95. The van der Waals surface area contributed by atoms with E-state index in [4.69, 9.17) is 13.9 Å². The third-order valence-electron chi connectivity index (χ3n) is 5.13. The Morgan fingerprint density at radius 3 is 2.53 bits per heavy atom. The minimum absolute atomic E-state index is 0.00924. The number of hydrogen-bond donors (Lipinski definition) is 0. The van der Waals surface area contributed by atoms with Crippen molar-refractivity contribution in [3.8, 4) is 11.5 Å². The van der Waals surface area contributed by atoms with E-state index in [1.165, 1.54) is 40.7 Å². The fourth-order valence-corrected chi connectivity index (χ4v) is 4.95. The average Bonchev–Trinajstić information content (AvgIpc) is 3.32. The normalized spacial score (nSPS) is 14.6. The molecule has 0 radical (unpaired) electrons. The van der Waals surface area contributed by atoms with E-state index in [9.17, 15) is 23.3 Å². The second-order valence-electron chi connectivity index (χ2n) is 7.38. The van der Waals surface area contributed by atoms with Crippen LogP contribution < -0.4 is 0 Å². The quantitative estimate of drug-likeness (QED) is 0.275. The first-order chi connectivity index (χ1) is 16.3. The number of morpholine rings is 1. The molecular weight excluding hydrogens is 468 g/mol. The fourth-order valence-electron chi connectivity index (χ4n) is 3.30. The van der Waals surface area contributed by atoms with Crippen LogP contribution in [0.25, 0.3) is 11.5 Å². The largest absolute Gasteiger partial charge is 0.452 e. The average molecular weight is 488 g/mol. The maximum absolute atomic E-state index is 13.0. The van der Waals surface area contributed by atoms with E-state index in [2.05, 4.69) is 10.2 Å². The summed E-state index contributed by atoms with van der Waals surface area (Å²) in [5.74, 6) is -0.640. The molecule has 0 spiro atoms. The first-order valence-corrected chi connectivity index (χ1v) is 11.6. The predicted octanol–water partition coefficient (Wildman–Crippen LogP) is 2.33. The van der Waals surface area contributed by atoms with Gasteiger partial charge in [-0.25, -0.2) is 13.2 Å². The zero-order chi connectivity index (χ0) is 24.3. The van der Waals surface area contributed by atoms with Gasteiger partial charge in [0.2, 0.25) is 15.9 Å². The Morgan fingerprint density at radius 2 is 1.85 bits per heavy atom. The molecule has 1 aromatic heterocycles. The number of hydrogen-bond acceptors (Lipinski definition) is 10. The second kappa shape index (κ2) is 9.67. The van der Waals surface area contributed by atoms with E-state index in [1.807, 2.05) is 0 Å². The topological polar surface area (TPSA) is 155 Å². The van der Waals surface area contributed by atoms with Crippen LogP contribution in [0.2, 0.25) is 0 Å². The van der Waals surface area contributed by atoms with Gasteiger partial charge in [0, 0.05) is 30.8 Å². The van der Waals surface area contributed by atoms with Gasteiger partial charge in [0.25, 0.3) is 11.6 Å². The monoisotopic (exact) mass is 488 g/mol. The number of sulfonamides is 1. The van der Waals surface area contributed by atoms with Crippen LogP contribution in [0.4, 0.5) is 5.69 Å². The Morgan fingerprint density at radius 1 is 1.15 bits per heavy atom. The maximum atomic E-state index is 13.0. The number of rotatable bonds is 7. The van der Waals surface area contributed by atoms with Crippen molar-refractivity contribution in [3.05, 3.63) is 69.6 Å². The standard InChI is InChI=1S/C21H20N4O8S/c1-14-2-3-16(12-18(14)34(29,30)24-8-10-31-11-9-24)21(26)32-13-19-22-23-20(33-19)15-4-6-17(7-5-15)25(27)28/h2-7,12H,8-11,13H2,1H3. The summed E-state index contributed by atoms with van der Waals surface area (Å²) < 4.78 is 43.2. The van der Waals surface area contributed by atoms with Gasteiger partial charge in [0.1, 0.15) is 0 Å². The van der Waals surface area contributed by atoms with E-state index in [-0.39, 0.29) is 47.6 Å². The van der Waals surface area contributed by atoms with E-state index >= 15 is 0 Å². The fraction of sp³-hybridized carbons (Fsp3) is 0.286.